The van der Waals surface area contributed by atoms with Crippen molar-refractivity contribution in [2.24, 2.45) is 0 Å². The lowest BCUT2D eigenvalue weighted by Gasteiger charge is -2.24. The van der Waals surface area contributed by atoms with E-state index >= 15 is 0 Å². The number of carbonyl (C=O) groups excluding carboxylic acids is 1. The molecule has 0 heterocycles. The second-order valence-corrected chi connectivity index (χ2v) is 5.37. The van der Waals surface area contributed by atoms with Crippen molar-refractivity contribution in [2.45, 2.75) is 33.8 Å². The minimum absolute atomic E-state index is 0.0225. The lowest BCUT2D eigenvalue weighted by molar-refractivity contribution is -0.112. The van der Waals surface area contributed by atoms with Crippen molar-refractivity contribution in [3.63, 3.8) is 0 Å². The first-order chi connectivity index (χ1) is 6.82. The summed E-state index contributed by atoms with van der Waals surface area (Å²) in [6.45, 7) is 7.15. The highest BCUT2D eigenvalue weighted by Gasteiger charge is 2.17. The van der Waals surface area contributed by atoms with Crippen LogP contribution in [0.1, 0.15) is 27.7 Å². The summed E-state index contributed by atoms with van der Waals surface area (Å²) in [7, 11) is 2.65. The first kappa shape index (κ1) is 14.6. The SMILES string of the molecule is CC(=O)/C=C(\C)OP(OC(C)C)N(C)C. The Morgan fingerprint density at radius 1 is 1.33 bits per heavy atom. The van der Waals surface area contributed by atoms with Crippen LogP contribution in [0.5, 0.6) is 0 Å². The molecule has 1 unspecified atom stereocenters. The van der Waals surface area contributed by atoms with Gasteiger partial charge in [0.1, 0.15) is 5.76 Å². The molecule has 0 aromatic heterocycles. The Hall–Kier alpha value is -0.440. The van der Waals surface area contributed by atoms with Crippen LogP contribution in [0.4, 0.5) is 0 Å². The van der Waals surface area contributed by atoms with E-state index in [0.29, 0.717) is 5.76 Å². The molecule has 0 aliphatic rings. The first-order valence-corrected chi connectivity index (χ1v) is 5.97. The van der Waals surface area contributed by atoms with E-state index in [2.05, 4.69) is 0 Å². The summed E-state index contributed by atoms with van der Waals surface area (Å²) >= 11 is 0. The van der Waals surface area contributed by atoms with Crippen LogP contribution in [0, 0.1) is 0 Å². The maximum absolute atomic E-state index is 10.8. The maximum Gasteiger partial charge on any atom is 0.320 e. The Morgan fingerprint density at radius 3 is 2.20 bits per heavy atom. The van der Waals surface area contributed by atoms with Crippen molar-refractivity contribution in [1.82, 2.24) is 4.67 Å². The fraction of sp³-hybridized carbons (Fsp3) is 0.700. The fourth-order valence-corrected chi connectivity index (χ4v) is 1.87. The van der Waals surface area contributed by atoms with Gasteiger partial charge in [-0.3, -0.25) is 4.79 Å². The van der Waals surface area contributed by atoms with Gasteiger partial charge in [0.15, 0.2) is 5.78 Å². The molecule has 0 aromatic carbocycles. The molecule has 5 heteroatoms. The number of ketones is 1. The van der Waals surface area contributed by atoms with Gasteiger partial charge in [-0.15, -0.1) is 0 Å². The third-order valence-electron chi connectivity index (χ3n) is 1.26. The summed E-state index contributed by atoms with van der Waals surface area (Å²) in [5.41, 5.74) is 0. The van der Waals surface area contributed by atoms with Crippen LogP contribution in [-0.2, 0) is 13.8 Å². The number of nitrogens with zero attached hydrogens (tertiary/aromatic N) is 1. The Kier molecular flexibility index (Phi) is 6.73. The quantitative estimate of drug-likeness (QED) is 0.401. The molecule has 0 N–H and O–H groups in total. The molecule has 0 rings (SSSR count). The molecule has 88 valence electrons. The van der Waals surface area contributed by atoms with Crippen molar-refractivity contribution in [2.75, 3.05) is 14.1 Å². The highest BCUT2D eigenvalue weighted by molar-refractivity contribution is 7.44. The second kappa shape index (κ2) is 6.94. The topological polar surface area (TPSA) is 38.8 Å². The van der Waals surface area contributed by atoms with Gasteiger partial charge in [-0.2, -0.15) is 0 Å². The van der Waals surface area contributed by atoms with E-state index in [4.69, 9.17) is 9.05 Å². The largest absolute Gasteiger partial charge is 0.440 e. The van der Waals surface area contributed by atoms with Gasteiger partial charge < -0.3 is 9.05 Å². The summed E-state index contributed by atoms with van der Waals surface area (Å²) in [4.78, 5) is 10.8. The number of hydrogen-bond acceptors (Lipinski definition) is 4. The standard InChI is InChI=1S/C10H20NO3P/c1-8(2)13-15(11(5)6)14-10(4)7-9(3)12/h7-8H,1-6H3/b10-7+. The van der Waals surface area contributed by atoms with E-state index < -0.39 is 8.53 Å². The molecule has 0 saturated heterocycles. The van der Waals surface area contributed by atoms with E-state index in [1.54, 1.807) is 6.92 Å². The average molecular weight is 233 g/mol. The summed E-state index contributed by atoms with van der Waals surface area (Å²) in [6.07, 6.45) is 1.56. The van der Waals surface area contributed by atoms with Crippen molar-refractivity contribution in [3.8, 4) is 0 Å². The Bertz CT molecular complexity index is 239. The van der Waals surface area contributed by atoms with Gasteiger partial charge in [0.2, 0.25) is 0 Å². The van der Waals surface area contributed by atoms with Gasteiger partial charge >= 0.3 is 8.53 Å². The molecular weight excluding hydrogens is 213 g/mol. The van der Waals surface area contributed by atoms with Crippen LogP contribution >= 0.6 is 8.53 Å². The monoisotopic (exact) mass is 233 g/mol. The molecule has 0 spiro atoms. The van der Waals surface area contributed by atoms with Gasteiger partial charge in [-0.25, -0.2) is 4.67 Å². The highest BCUT2D eigenvalue weighted by atomic mass is 31.2. The average Bonchev–Trinajstić information content (AvgIpc) is 1.99. The molecule has 4 nitrogen and oxygen atoms in total. The van der Waals surface area contributed by atoms with Gasteiger partial charge in [0.25, 0.3) is 0 Å². The third kappa shape index (κ3) is 7.48. The Labute approximate surface area is 93.2 Å². The van der Waals surface area contributed by atoms with Crippen molar-refractivity contribution < 1.29 is 13.8 Å². The van der Waals surface area contributed by atoms with Gasteiger partial charge in [-0.1, -0.05) is 0 Å². The highest BCUT2D eigenvalue weighted by Crippen LogP contribution is 2.43. The van der Waals surface area contributed by atoms with E-state index in [1.807, 2.05) is 32.6 Å². The summed E-state index contributed by atoms with van der Waals surface area (Å²) in [5, 5.41) is 0. The zero-order chi connectivity index (χ0) is 12.0. The molecule has 0 saturated carbocycles. The molecule has 0 fully saturated rings. The predicted octanol–water partition coefficient (Wildman–Crippen LogP) is 2.71. The van der Waals surface area contributed by atoms with Gasteiger partial charge in [-0.05, 0) is 41.8 Å². The maximum atomic E-state index is 10.8. The van der Waals surface area contributed by atoms with Crippen molar-refractivity contribution in [1.29, 1.82) is 0 Å². The molecule has 1 atom stereocenters. The van der Waals surface area contributed by atoms with E-state index in [0.717, 1.165) is 0 Å². The number of rotatable bonds is 6. The summed E-state index contributed by atoms with van der Waals surface area (Å²) in [6, 6.07) is 0. The third-order valence-corrected chi connectivity index (χ3v) is 2.96. The predicted molar refractivity (Wildman–Crippen MR) is 62.4 cm³/mol. The second-order valence-electron chi connectivity index (χ2n) is 3.70. The van der Waals surface area contributed by atoms with Gasteiger partial charge in [0.05, 0.1) is 6.10 Å². The molecule has 0 aliphatic carbocycles. The van der Waals surface area contributed by atoms with Crippen molar-refractivity contribution >= 4 is 14.3 Å². The zero-order valence-electron chi connectivity index (χ0n) is 10.3. The van der Waals surface area contributed by atoms with Crippen LogP contribution in [0.25, 0.3) is 0 Å². The molecule has 0 aliphatic heterocycles. The zero-order valence-corrected chi connectivity index (χ0v) is 11.2. The number of carbonyl (C=O) groups is 1. The minimum Gasteiger partial charge on any atom is -0.440 e. The minimum atomic E-state index is -1.12. The van der Waals surface area contributed by atoms with E-state index in [-0.39, 0.29) is 11.9 Å². The fourth-order valence-electron chi connectivity index (χ4n) is 0.814. The van der Waals surface area contributed by atoms with Crippen LogP contribution in [-0.4, -0.2) is 30.7 Å². The van der Waals surface area contributed by atoms with Crippen LogP contribution in [0.3, 0.4) is 0 Å². The van der Waals surface area contributed by atoms with E-state index in [9.17, 15) is 4.79 Å². The summed E-state index contributed by atoms with van der Waals surface area (Å²) in [5.74, 6) is 0.564. The molecule has 0 bridgehead atoms. The molecular formula is C10H20NO3P. The summed E-state index contributed by atoms with van der Waals surface area (Å²) < 4.78 is 13.0. The van der Waals surface area contributed by atoms with Crippen LogP contribution in [0.15, 0.2) is 11.8 Å². The Balaban J connectivity index is 4.34. The molecule has 0 radical (unpaired) electrons. The molecule has 0 amide bonds. The van der Waals surface area contributed by atoms with Crippen LogP contribution in [0.2, 0.25) is 0 Å². The first-order valence-electron chi connectivity index (χ1n) is 4.84. The van der Waals surface area contributed by atoms with Gasteiger partial charge in [0, 0.05) is 6.08 Å². The van der Waals surface area contributed by atoms with Crippen LogP contribution < -0.4 is 0 Å². The van der Waals surface area contributed by atoms with Crippen molar-refractivity contribution in [3.05, 3.63) is 11.8 Å². The lowest BCUT2D eigenvalue weighted by atomic mass is 10.4. The lowest BCUT2D eigenvalue weighted by Crippen LogP contribution is -2.12. The number of hydrogen-bond donors (Lipinski definition) is 0. The smallest absolute Gasteiger partial charge is 0.320 e. The number of allylic oxidation sites excluding steroid dienone is 2. The van der Waals surface area contributed by atoms with E-state index in [1.165, 1.54) is 13.0 Å². The Morgan fingerprint density at radius 2 is 1.87 bits per heavy atom. The molecule has 0 aromatic rings. The normalized spacial score (nSPS) is 14.5. The molecule has 15 heavy (non-hydrogen) atoms.